The molecule has 0 saturated heterocycles. The number of aliphatic hydroxyl groups is 1. The summed E-state index contributed by atoms with van der Waals surface area (Å²) in [7, 11) is 0. The maximum absolute atomic E-state index is 9.45. The highest BCUT2D eigenvalue weighted by Gasteiger charge is 2.19. The van der Waals surface area contributed by atoms with Gasteiger partial charge in [-0.2, -0.15) is 0 Å². The van der Waals surface area contributed by atoms with E-state index in [1.54, 1.807) is 0 Å². The van der Waals surface area contributed by atoms with E-state index < -0.39 is 0 Å². The van der Waals surface area contributed by atoms with E-state index in [1.165, 1.54) is 0 Å². The molecule has 102 valence electrons. The molecule has 1 aromatic rings. The fraction of sp³-hybridized carbons (Fsp3) is 0.846. The Labute approximate surface area is 109 Å². The Morgan fingerprint density at radius 3 is 2.56 bits per heavy atom. The van der Waals surface area contributed by atoms with Gasteiger partial charge in [0.1, 0.15) is 0 Å². The van der Waals surface area contributed by atoms with Crippen molar-refractivity contribution in [2.75, 3.05) is 0 Å². The zero-order valence-electron chi connectivity index (χ0n) is 11.6. The summed E-state index contributed by atoms with van der Waals surface area (Å²) in [5, 5.41) is 21.3. The molecule has 1 aliphatic rings. The number of hydrogen-bond donors (Lipinski definition) is 2. The van der Waals surface area contributed by atoms with E-state index >= 15 is 0 Å². The lowest BCUT2D eigenvalue weighted by Crippen LogP contribution is -2.34. The Bertz CT molecular complexity index is 375. The first-order valence-electron chi connectivity index (χ1n) is 6.78. The minimum atomic E-state index is -0.0928. The summed E-state index contributed by atoms with van der Waals surface area (Å²) in [6.07, 6.45) is 5.83. The SMILES string of the molecule is CC(C)(C)n1cc(CNC2CCC(O)CC2)nn1. The number of nitrogens with one attached hydrogen (secondary N) is 1. The van der Waals surface area contributed by atoms with Gasteiger partial charge in [-0.3, -0.25) is 0 Å². The van der Waals surface area contributed by atoms with Crippen LogP contribution >= 0.6 is 0 Å². The third kappa shape index (κ3) is 3.53. The molecule has 0 bridgehead atoms. The second-order valence-corrected chi connectivity index (χ2v) is 6.21. The van der Waals surface area contributed by atoms with Crippen LogP contribution in [0.25, 0.3) is 0 Å². The van der Waals surface area contributed by atoms with E-state index in [2.05, 4.69) is 36.4 Å². The van der Waals surface area contributed by atoms with Crippen molar-refractivity contribution in [1.82, 2.24) is 20.3 Å². The Balaban J connectivity index is 1.82. The topological polar surface area (TPSA) is 63.0 Å². The van der Waals surface area contributed by atoms with Gasteiger partial charge < -0.3 is 10.4 Å². The lowest BCUT2D eigenvalue weighted by atomic mass is 9.93. The lowest BCUT2D eigenvalue weighted by Gasteiger charge is -2.25. The van der Waals surface area contributed by atoms with E-state index in [1.807, 2.05) is 10.9 Å². The number of hydrogen-bond acceptors (Lipinski definition) is 4. The van der Waals surface area contributed by atoms with E-state index in [9.17, 15) is 5.11 Å². The lowest BCUT2D eigenvalue weighted by molar-refractivity contribution is 0.116. The number of aliphatic hydroxyl groups excluding tert-OH is 1. The van der Waals surface area contributed by atoms with Gasteiger partial charge in [-0.15, -0.1) is 5.10 Å². The zero-order valence-corrected chi connectivity index (χ0v) is 11.6. The summed E-state index contributed by atoms with van der Waals surface area (Å²) in [4.78, 5) is 0. The largest absolute Gasteiger partial charge is 0.393 e. The molecule has 0 unspecified atom stereocenters. The van der Waals surface area contributed by atoms with E-state index in [4.69, 9.17) is 0 Å². The molecular weight excluding hydrogens is 228 g/mol. The molecular formula is C13H24N4O. The van der Waals surface area contributed by atoms with Gasteiger partial charge >= 0.3 is 0 Å². The molecule has 0 radical (unpaired) electrons. The van der Waals surface area contributed by atoms with Crippen molar-refractivity contribution in [2.45, 2.75) is 70.7 Å². The Morgan fingerprint density at radius 1 is 1.33 bits per heavy atom. The number of rotatable bonds is 3. The first kappa shape index (κ1) is 13.5. The summed E-state index contributed by atoms with van der Waals surface area (Å²) in [5.74, 6) is 0. The predicted molar refractivity (Wildman–Crippen MR) is 70.1 cm³/mol. The minimum absolute atomic E-state index is 0.0137. The average molecular weight is 252 g/mol. The maximum Gasteiger partial charge on any atom is 0.0965 e. The van der Waals surface area contributed by atoms with Gasteiger partial charge in [0.2, 0.25) is 0 Å². The van der Waals surface area contributed by atoms with Crippen LogP contribution in [0.3, 0.4) is 0 Å². The second-order valence-electron chi connectivity index (χ2n) is 6.21. The van der Waals surface area contributed by atoms with Gasteiger partial charge in [0.15, 0.2) is 0 Å². The van der Waals surface area contributed by atoms with Gasteiger partial charge in [0, 0.05) is 12.6 Å². The van der Waals surface area contributed by atoms with Crippen molar-refractivity contribution in [3.63, 3.8) is 0 Å². The maximum atomic E-state index is 9.45. The molecule has 0 atom stereocenters. The molecule has 0 aromatic carbocycles. The van der Waals surface area contributed by atoms with Crippen molar-refractivity contribution in [2.24, 2.45) is 0 Å². The van der Waals surface area contributed by atoms with Gasteiger partial charge in [-0.1, -0.05) is 5.21 Å². The molecule has 0 aliphatic heterocycles. The molecule has 5 nitrogen and oxygen atoms in total. The van der Waals surface area contributed by atoms with Crippen LogP contribution in [0.15, 0.2) is 6.20 Å². The first-order valence-corrected chi connectivity index (χ1v) is 6.78. The Hall–Kier alpha value is -0.940. The molecule has 1 fully saturated rings. The molecule has 0 amide bonds. The van der Waals surface area contributed by atoms with Crippen molar-refractivity contribution >= 4 is 0 Å². The highest BCUT2D eigenvalue weighted by molar-refractivity contribution is 4.95. The molecule has 5 heteroatoms. The van der Waals surface area contributed by atoms with Crippen molar-refractivity contribution < 1.29 is 5.11 Å². The molecule has 1 aliphatic carbocycles. The summed E-state index contributed by atoms with van der Waals surface area (Å²) < 4.78 is 1.90. The highest BCUT2D eigenvalue weighted by atomic mass is 16.3. The Morgan fingerprint density at radius 2 is 2.00 bits per heavy atom. The van der Waals surface area contributed by atoms with Crippen molar-refractivity contribution in [3.8, 4) is 0 Å². The fourth-order valence-corrected chi connectivity index (χ4v) is 2.24. The molecule has 1 heterocycles. The summed E-state index contributed by atoms with van der Waals surface area (Å²) in [5.41, 5.74) is 0.969. The Kier molecular flexibility index (Phi) is 4.02. The van der Waals surface area contributed by atoms with E-state index in [-0.39, 0.29) is 11.6 Å². The normalized spacial score (nSPS) is 25.3. The predicted octanol–water partition coefficient (Wildman–Crippen LogP) is 1.43. The molecule has 1 aromatic heterocycles. The quantitative estimate of drug-likeness (QED) is 0.854. The van der Waals surface area contributed by atoms with Crippen LogP contribution in [-0.2, 0) is 12.1 Å². The third-order valence-electron chi connectivity index (χ3n) is 3.50. The van der Waals surface area contributed by atoms with Crippen LogP contribution in [0.4, 0.5) is 0 Å². The summed E-state index contributed by atoms with van der Waals surface area (Å²) in [6.45, 7) is 7.10. The first-order chi connectivity index (χ1) is 8.45. The molecule has 1 saturated carbocycles. The number of aromatic nitrogens is 3. The second kappa shape index (κ2) is 5.36. The average Bonchev–Trinajstić information content (AvgIpc) is 2.77. The minimum Gasteiger partial charge on any atom is -0.393 e. The van der Waals surface area contributed by atoms with Crippen LogP contribution in [0, 0.1) is 0 Å². The van der Waals surface area contributed by atoms with Gasteiger partial charge in [0.25, 0.3) is 0 Å². The van der Waals surface area contributed by atoms with Crippen molar-refractivity contribution in [1.29, 1.82) is 0 Å². The van der Waals surface area contributed by atoms with E-state index in [0.29, 0.717) is 6.04 Å². The number of nitrogens with zero attached hydrogens (tertiary/aromatic N) is 3. The van der Waals surface area contributed by atoms with E-state index in [0.717, 1.165) is 37.9 Å². The molecule has 18 heavy (non-hydrogen) atoms. The van der Waals surface area contributed by atoms with Crippen LogP contribution in [-0.4, -0.2) is 32.2 Å². The summed E-state index contributed by atoms with van der Waals surface area (Å²) >= 11 is 0. The van der Waals surface area contributed by atoms with Crippen molar-refractivity contribution in [3.05, 3.63) is 11.9 Å². The van der Waals surface area contributed by atoms with Crippen LogP contribution in [0.5, 0.6) is 0 Å². The molecule has 2 rings (SSSR count). The smallest absolute Gasteiger partial charge is 0.0965 e. The van der Waals surface area contributed by atoms with Crippen LogP contribution in [0.1, 0.15) is 52.1 Å². The highest BCUT2D eigenvalue weighted by Crippen LogP contribution is 2.18. The standard InChI is InChI=1S/C13H24N4O/c1-13(2,3)17-9-11(15-16-17)8-14-10-4-6-12(18)7-5-10/h9-10,12,14,18H,4-8H2,1-3H3. The zero-order chi connectivity index (χ0) is 13.2. The monoisotopic (exact) mass is 252 g/mol. The van der Waals surface area contributed by atoms with Crippen LogP contribution in [0.2, 0.25) is 0 Å². The van der Waals surface area contributed by atoms with Gasteiger partial charge in [0.05, 0.1) is 23.5 Å². The van der Waals surface area contributed by atoms with Gasteiger partial charge in [-0.25, -0.2) is 4.68 Å². The van der Waals surface area contributed by atoms with Crippen LogP contribution < -0.4 is 5.32 Å². The van der Waals surface area contributed by atoms with Gasteiger partial charge in [-0.05, 0) is 46.5 Å². The fourth-order valence-electron chi connectivity index (χ4n) is 2.24. The molecule has 0 spiro atoms. The molecule has 2 N–H and O–H groups in total. The third-order valence-corrected chi connectivity index (χ3v) is 3.50. The summed E-state index contributed by atoms with van der Waals surface area (Å²) in [6, 6.07) is 0.508.